The van der Waals surface area contributed by atoms with Gasteiger partial charge in [0.1, 0.15) is 0 Å². The van der Waals surface area contributed by atoms with Gasteiger partial charge in [-0.2, -0.15) is 0 Å². The van der Waals surface area contributed by atoms with Crippen LogP contribution in [-0.2, 0) is 20.6 Å². The quantitative estimate of drug-likeness (QED) is 0.764. The molecule has 0 bridgehead atoms. The van der Waals surface area contributed by atoms with Crippen molar-refractivity contribution in [3.63, 3.8) is 0 Å². The number of nitrogens with zero attached hydrogens (tertiary/aromatic N) is 1. The van der Waals surface area contributed by atoms with Crippen LogP contribution in [0.2, 0.25) is 0 Å². The third-order valence-corrected chi connectivity index (χ3v) is 5.60. The van der Waals surface area contributed by atoms with E-state index in [1.807, 2.05) is 5.98 Å². The molecular formula is C21H32BNO3. The van der Waals surface area contributed by atoms with E-state index in [-0.39, 0.29) is 18.3 Å². The maximum atomic E-state index is 6.00. The molecule has 5 heteroatoms. The molecule has 0 radical (unpaired) electrons. The Morgan fingerprint density at radius 1 is 1.00 bits per heavy atom. The fraction of sp³-hybridized carbons (Fsp3) is 0.619. The van der Waals surface area contributed by atoms with Crippen molar-refractivity contribution in [2.24, 2.45) is 0 Å². The Morgan fingerprint density at radius 2 is 1.54 bits per heavy atom. The van der Waals surface area contributed by atoms with E-state index < -0.39 is 0 Å². The minimum absolute atomic E-state index is 0.293. The van der Waals surface area contributed by atoms with Crippen molar-refractivity contribution in [2.75, 3.05) is 13.1 Å². The van der Waals surface area contributed by atoms with Crippen molar-refractivity contribution in [1.82, 2.24) is 4.90 Å². The standard InChI is InChI=1S/C21H32BNO3/c1-16-13-23(14-17(2)24-16)15-19-9-7-18(8-10-19)11-12-22-25-20(3,4)21(5,6)26-22/h7-12,16-17H,13-15H2,1-6H3/t16-,17+. The third-order valence-electron chi connectivity index (χ3n) is 5.60. The maximum Gasteiger partial charge on any atom is 0.487 e. The molecule has 0 amide bonds. The average molecular weight is 357 g/mol. The smallest absolute Gasteiger partial charge is 0.400 e. The first kappa shape index (κ1) is 19.6. The summed E-state index contributed by atoms with van der Waals surface area (Å²) in [6.07, 6.45) is 2.69. The molecule has 0 aromatic heterocycles. The minimum atomic E-state index is -0.295. The Balaban J connectivity index is 1.57. The van der Waals surface area contributed by atoms with Crippen LogP contribution in [0, 0.1) is 0 Å². The summed E-state index contributed by atoms with van der Waals surface area (Å²) in [5.74, 6) is 2.00. The Morgan fingerprint density at radius 3 is 2.08 bits per heavy atom. The molecule has 0 saturated carbocycles. The van der Waals surface area contributed by atoms with Gasteiger partial charge in [0, 0.05) is 19.6 Å². The number of morpholine rings is 1. The van der Waals surface area contributed by atoms with Gasteiger partial charge in [-0.3, -0.25) is 4.90 Å². The fourth-order valence-electron chi connectivity index (χ4n) is 3.56. The average Bonchev–Trinajstić information content (AvgIpc) is 2.73. The highest BCUT2D eigenvalue weighted by Gasteiger charge is 2.49. The van der Waals surface area contributed by atoms with Crippen LogP contribution in [0.25, 0.3) is 6.08 Å². The third kappa shape index (κ3) is 4.58. The van der Waals surface area contributed by atoms with Crippen LogP contribution in [0.15, 0.2) is 30.2 Å². The van der Waals surface area contributed by atoms with Crippen molar-refractivity contribution in [3.8, 4) is 0 Å². The summed E-state index contributed by atoms with van der Waals surface area (Å²) in [7, 11) is -0.295. The van der Waals surface area contributed by atoms with Crippen LogP contribution in [0.5, 0.6) is 0 Å². The summed E-state index contributed by atoms with van der Waals surface area (Å²) in [6.45, 7) is 15.5. The second-order valence-electron chi connectivity index (χ2n) is 8.68. The second-order valence-corrected chi connectivity index (χ2v) is 8.68. The van der Waals surface area contributed by atoms with Crippen LogP contribution in [0.1, 0.15) is 52.7 Å². The molecule has 2 saturated heterocycles. The number of hydrogen-bond acceptors (Lipinski definition) is 4. The van der Waals surface area contributed by atoms with Gasteiger partial charge in [-0.25, -0.2) is 0 Å². The van der Waals surface area contributed by atoms with E-state index in [0.29, 0.717) is 12.2 Å². The van der Waals surface area contributed by atoms with Crippen LogP contribution in [0.4, 0.5) is 0 Å². The molecule has 26 heavy (non-hydrogen) atoms. The second kappa shape index (κ2) is 7.47. The van der Waals surface area contributed by atoms with E-state index in [1.54, 1.807) is 0 Å². The zero-order valence-corrected chi connectivity index (χ0v) is 17.0. The molecule has 3 rings (SSSR count). The number of ether oxygens (including phenoxy) is 1. The van der Waals surface area contributed by atoms with E-state index in [4.69, 9.17) is 14.0 Å². The molecule has 0 unspecified atom stereocenters. The molecule has 2 aliphatic heterocycles. The lowest BCUT2D eigenvalue weighted by Gasteiger charge is -2.35. The molecule has 0 N–H and O–H groups in total. The zero-order valence-electron chi connectivity index (χ0n) is 17.0. The van der Waals surface area contributed by atoms with Crippen LogP contribution < -0.4 is 0 Å². The van der Waals surface area contributed by atoms with Crippen molar-refractivity contribution in [1.29, 1.82) is 0 Å². The van der Waals surface area contributed by atoms with E-state index in [9.17, 15) is 0 Å². The van der Waals surface area contributed by atoms with Crippen molar-refractivity contribution < 1.29 is 14.0 Å². The van der Waals surface area contributed by atoms with E-state index >= 15 is 0 Å². The molecule has 0 aliphatic carbocycles. The lowest BCUT2D eigenvalue weighted by atomic mass is 9.89. The van der Waals surface area contributed by atoms with Gasteiger partial charge in [0.25, 0.3) is 0 Å². The number of rotatable bonds is 4. The van der Waals surface area contributed by atoms with E-state index in [1.165, 1.54) is 5.56 Å². The van der Waals surface area contributed by atoms with Crippen molar-refractivity contribution in [2.45, 2.75) is 71.5 Å². The summed E-state index contributed by atoms with van der Waals surface area (Å²) in [6, 6.07) is 8.72. The largest absolute Gasteiger partial charge is 0.487 e. The summed E-state index contributed by atoms with van der Waals surface area (Å²) in [5.41, 5.74) is 1.91. The molecule has 2 atom stereocenters. The van der Waals surface area contributed by atoms with Crippen LogP contribution in [0.3, 0.4) is 0 Å². The predicted molar refractivity (Wildman–Crippen MR) is 107 cm³/mol. The topological polar surface area (TPSA) is 30.9 Å². The highest BCUT2D eigenvalue weighted by atomic mass is 16.7. The zero-order chi connectivity index (χ0) is 18.9. The molecule has 0 spiro atoms. The Kier molecular flexibility index (Phi) is 5.64. The van der Waals surface area contributed by atoms with E-state index in [2.05, 4.69) is 76.8 Å². The fourth-order valence-corrected chi connectivity index (χ4v) is 3.56. The first-order valence-electron chi connectivity index (χ1n) is 9.65. The lowest BCUT2D eigenvalue weighted by molar-refractivity contribution is -0.0704. The van der Waals surface area contributed by atoms with Crippen LogP contribution >= 0.6 is 0 Å². The summed E-state index contributed by atoms with van der Waals surface area (Å²) < 4.78 is 17.8. The van der Waals surface area contributed by atoms with Gasteiger partial charge in [0.05, 0.1) is 23.4 Å². The van der Waals surface area contributed by atoms with Crippen molar-refractivity contribution >= 4 is 13.2 Å². The molecule has 1 aromatic rings. The highest BCUT2D eigenvalue weighted by Crippen LogP contribution is 2.37. The SMILES string of the molecule is C[C@@H]1CN(Cc2ccc(C=CB3OC(C)(C)C(C)(C)O3)cc2)C[C@H](C)O1. The lowest BCUT2D eigenvalue weighted by Crippen LogP contribution is -2.44. The Labute approximate surface area is 158 Å². The molecule has 2 fully saturated rings. The molecule has 142 valence electrons. The van der Waals surface area contributed by atoms with Gasteiger partial charge < -0.3 is 14.0 Å². The summed E-state index contributed by atoms with van der Waals surface area (Å²) in [5, 5.41) is 0. The molecule has 4 nitrogen and oxygen atoms in total. The molecule has 2 aliphatic rings. The molecule has 2 heterocycles. The Hall–Kier alpha value is -1.14. The first-order valence-corrected chi connectivity index (χ1v) is 9.65. The Bertz CT molecular complexity index is 615. The van der Waals surface area contributed by atoms with Gasteiger partial charge >= 0.3 is 7.12 Å². The number of hydrogen-bond donors (Lipinski definition) is 0. The summed E-state index contributed by atoms with van der Waals surface area (Å²) >= 11 is 0. The van der Waals surface area contributed by atoms with Gasteiger partial charge in [0.2, 0.25) is 0 Å². The van der Waals surface area contributed by atoms with Crippen molar-refractivity contribution in [3.05, 3.63) is 41.4 Å². The molecular weight excluding hydrogens is 325 g/mol. The van der Waals surface area contributed by atoms with Gasteiger partial charge in [-0.15, -0.1) is 0 Å². The monoisotopic (exact) mass is 357 g/mol. The van der Waals surface area contributed by atoms with Gasteiger partial charge in [0.15, 0.2) is 0 Å². The summed E-state index contributed by atoms with van der Waals surface area (Å²) in [4.78, 5) is 2.47. The van der Waals surface area contributed by atoms with Gasteiger partial charge in [-0.1, -0.05) is 36.3 Å². The first-order chi connectivity index (χ1) is 12.1. The minimum Gasteiger partial charge on any atom is -0.400 e. The van der Waals surface area contributed by atoms with E-state index in [0.717, 1.165) is 25.2 Å². The predicted octanol–water partition coefficient (Wildman–Crippen LogP) is 3.94. The highest BCUT2D eigenvalue weighted by molar-refractivity contribution is 6.52. The number of benzene rings is 1. The maximum absolute atomic E-state index is 6.00. The van der Waals surface area contributed by atoms with Gasteiger partial charge in [-0.05, 0) is 52.7 Å². The van der Waals surface area contributed by atoms with Crippen LogP contribution in [-0.4, -0.2) is 48.5 Å². The normalized spacial score (nSPS) is 28.8. The molecule has 1 aromatic carbocycles.